The molecule has 2 unspecified atom stereocenters. The zero-order valence-electron chi connectivity index (χ0n) is 6.16. The number of rotatable bonds is 0. The first kappa shape index (κ1) is 6.56. The molecule has 0 aromatic carbocycles. The second kappa shape index (κ2) is 1.54. The first-order valence-corrected chi connectivity index (χ1v) is 3.91. The highest BCUT2D eigenvalue weighted by Crippen LogP contribution is 2.61. The molecule has 0 aromatic rings. The topological polar surface area (TPSA) is 0 Å². The molecule has 0 saturated heterocycles. The largest absolute Gasteiger partial charge is 0.253 e. The molecule has 2 heteroatoms. The van der Waals surface area contributed by atoms with Crippen LogP contribution in [-0.2, 0) is 0 Å². The van der Waals surface area contributed by atoms with Crippen LogP contribution in [0.2, 0.25) is 0 Å². The van der Waals surface area contributed by atoms with Gasteiger partial charge in [-0.1, -0.05) is 6.92 Å². The Labute approximate surface area is 59.6 Å². The maximum absolute atomic E-state index is 13.0. The molecule has 58 valence electrons. The SMILES string of the molecule is CC12CCC(CC1(F)F)C2. The highest BCUT2D eigenvalue weighted by Gasteiger charge is 2.60. The first-order valence-electron chi connectivity index (χ1n) is 3.91. The summed E-state index contributed by atoms with van der Waals surface area (Å²) >= 11 is 0. The Morgan fingerprint density at radius 1 is 1.30 bits per heavy atom. The highest BCUT2D eigenvalue weighted by molar-refractivity contribution is 5.03. The Hall–Kier alpha value is -0.140. The molecule has 2 bridgehead atoms. The molecule has 0 heterocycles. The molecule has 0 aromatic heterocycles. The molecular weight excluding hydrogens is 134 g/mol. The van der Waals surface area contributed by atoms with Crippen LogP contribution in [0, 0.1) is 11.3 Å². The van der Waals surface area contributed by atoms with Crippen molar-refractivity contribution in [3.8, 4) is 0 Å². The predicted octanol–water partition coefficient (Wildman–Crippen LogP) is 2.83. The van der Waals surface area contributed by atoms with Gasteiger partial charge in [0, 0.05) is 11.8 Å². The summed E-state index contributed by atoms with van der Waals surface area (Å²) in [7, 11) is 0. The summed E-state index contributed by atoms with van der Waals surface area (Å²) in [5, 5.41) is 0. The van der Waals surface area contributed by atoms with E-state index < -0.39 is 11.3 Å². The molecule has 2 aliphatic rings. The summed E-state index contributed by atoms with van der Waals surface area (Å²) in [6.45, 7) is 1.74. The monoisotopic (exact) mass is 146 g/mol. The van der Waals surface area contributed by atoms with Gasteiger partial charge in [-0.2, -0.15) is 0 Å². The Morgan fingerprint density at radius 3 is 2.20 bits per heavy atom. The van der Waals surface area contributed by atoms with Gasteiger partial charge in [-0.3, -0.25) is 0 Å². The van der Waals surface area contributed by atoms with Gasteiger partial charge in [-0.25, -0.2) is 8.78 Å². The van der Waals surface area contributed by atoms with Crippen molar-refractivity contribution in [2.75, 3.05) is 0 Å². The number of alkyl halides is 2. The zero-order valence-corrected chi connectivity index (χ0v) is 6.16. The quantitative estimate of drug-likeness (QED) is 0.493. The molecule has 10 heavy (non-hydrogen) atoms. The van der Waals surface area contributed by atoms with E-state index in [9.17, 15) is 8.78 Å². The summed E-state index contributed by atoms with van der Waals surface area (Å²) in [6, 6.07) is 0. The van der Waals surface area contributed by atoms with Crippen molar-refractivity contribution in [2.45, 2.75) is 38.5 Å². The van der Waals surface area contributed by atoms with Gasteiger partial charge in [0.25, 0.3) is 5.92 Å². The van der Waals surface area contributed by atoms with Crippen molar-refractivity contribution in [3.63, 3.8) is 0 Å². The normalized spacial score (nSPS) is 50.1. The predicted molar refractivity (Wildman–Crippen MR) is 35.0 cm³/mol. The maximum atomic E-state index is 13.0. The van der Waals surface area contributed by atoms with E-state index in [-0.39, 0.29) is 6.42 Å². The van der Waals surface area contributed by atoms with Crippen LogP contribution >= 0.6 is 0 Å². The molecule has 0 spiro atoms. The van der Waals surface area contributed by atoms with E-state index in [2.05, 4.69) is 0 Å². The fourth-order valence-corrected chi connectivity index (χ4v) is 2.48. The van der Waals surface area contributed by atoms with Crippen LogP contribution in [0.15, 0.2) is 0 Å². The molecule has 2 aliphatic carbocycles. The second-order valence-electron chi connectivity index (χ2n) is 4.08. The van der Waals surface area contributed by atoms with E-state index >= 15 is 0 Å². The fourth-order valence-electron chi connectivity index (χ4n) is 2.48. The van der Waals surface area contributed by atoms with Crippen LogP contribution in [-0.4, -0.2) is 5.92 Å². The Kier molecular flexibility index (Phi) is 1.01. The average molecular weight is 146 g/mol. The minimum absolute atomic E-state index is 0.156. The standard InChI is InChI=1S/C8H12F2/c1-7-3-2-6(4-7)5-8(7,9)10/h6H,2-5H2,1H3. The number of halogens is 2. The summed E-state index contributed by atoms with van der Waals surface area (Å²) in [6.07, 6.45) is 2.69. The van der Waals surface area contributed by atoms with Gasteiger partial charge < -0.3 is 0 Å². The molecule has 0 aliphatic heterocycles. The molecule has 0 N–H and O–H groups in total. The van der Waals surface area contributed by atoms with Gasteiger partial charge in [0.2, 0.25) is 0 Å². The average Bonchev–Trinajstić information content (AvgIpc) is 2.18. The molecule has 0 amide bonds. The minimum atomic E-state index is -2.35. The second-order valence-corrected chi connectivity index (χ2v) is 4.08. The summed E-state index contributed by atoms with van der Waals surface area (Å²) < 4.78 is 26.0. The third-order valence-electron chi connectivity index (χ3n) is 3.27. The van der Waals surface area contributed by atoms with Gasteiger partial charge in [-0.05, 0) is 25.2 Å². The molecular formula is C8H12F2. The summed E-state index contributed by atoms with van der Waals surface area (Å²) in [5.74, 6) is -2.02. The summed E-state index contributed by atoms with van der Waals surface area (Å²) in [4.78, 5) is 0. The van der Waals surface area contributed by atoms with Gasteiger partial charge in [-0.15, -0.1) is 0 Å². The van der Waals surface area contributed by atoms with Crippen molar-refractivity contribution >= 4 is 0 Å². The minimum Gasteiger partial charge on any atom is -0.206 e. The van der Waals surface area contributed by atoms with Gasteiger partial charge >= 0.3 is 0 Å². The van der Waals surface area contributed by atoms with Crippen LogP contribution in [0.3, 0.4) is 0 Å². The van der Waals surface area contributed by atoms with Gasteiger partial charge in [0.15, 0.2) is 0 Å². The Morgan fingerprint density at radius 2 is 2.00 bits per heavy atom. The molecule has 2 fully saturated rings. The summed E-state index contributed by atoms with van der Waals surface area (Å²) in [5.41, 5.74) is -0.627. The lowest BCUT2D eigenvalue weighted by atomic mass is 9.83. The van der Waals surface area contributed by atoms with Crippen LogP contribution < -0.4 is 0 Å². The van der Waals surface area contributed by atoms with Crippen molar-refractivity contribution in [1.82, 2.24) is 0 Å². The molecule has 2 rings (SSSR count). The third kappa shape index (κ3) is 0.599. The first-order chi connectivity index (χ1) is 4.54. The van der Waals surface area contributed by atoms with Crippen molar-refractivity contribution in [2.24, 2.45) is 11.3 Å². The Balaban J connectivity index is 2.31. The van der Waals surface area contributed by atoms with Crippen LogP contribution in [0.5, 0.6) is 0 Å². The van der Waals surface area contributed by atoms with E-state index in [4.69, 9.17) is 0 Å². The molecule has 0 nitrogen and oxygen atoms in total. The van der Waals surface area contributed by atoms with E-state index in [0.29, 0.717) is 5.92 Å². The zero-order chi connectivity index (χ0) is 7.41. The van der Waals surface area contributed by atoms with Gasteiger partial charge in [0.05, 0.1) is 0 Å². The maximum Gasteiger partial charge on any atom is 0.253 e. The van der Waals surface area contributed by atoms with Crippen molar-refractivity contribution in [1.29, 1.82) is 0 Å². The number of hydrogen-bond acceptors (Lipinski definition) is 0. The number of hydrogen-bond donors (Lipinski definition) is 0. The molecule has 2 atom stereocenters. The van der Waals surface area contributed by atoms with E-state index in [0.717, 1.165) is 19.3 Å². The fraction of sp³-hybridized carbons (Fsp3) is 1.00. The Bertz CT molecular complexity index is 163. The van der Waals surface area contributed by atoms with Crippen molar-refractivity contribution in [3.05, 3.63) is 0 Å². The lowest BCUT2D eigenvalue weighted by Crippen LogP contribution is -2.33. The highest BCUT2D eigenvalue weighted by atomic mass is 19.3. The number of fused-ring (bicyclic) bond motifs is 2. The van der Waals surface area contributed by atoms with E-state index in [1.807, 2.05) is 0 Å². The van der Waals surface area contributed by atoms with Crippen LogP contribution in [0.4, 0.5) is 8.78 Å². The van der Waals surface area contributed by atoms with Crippen molar-refractivity contribution < 1.29 is 8.78 Å². The van der Waals surface area contributed by atoms with E-state index in [1.54, 1.807) is 6.92 Å². The molecule has 0 radical (unpaired) electrons. The molecule has 2 saturated carbocycles. The van der Waals surface area contributed by atoms with Crippen LogP contribution in [0.1, 0.15) is 32.6 Å². The lowest BCUT2D eigenvalue weighted by molar-refractivity contribution is -0.101. The van der Waals surface area contributed by atoms with E-state index in [1.165, 1.54) is 0 Å². The lowest BCUT2D eigenvalue weighted by Gasteiger charge is -2.30. The van der Waals surface area contributed by atoms with Gasteiger partial charge in [0.1, 0.15) is 0 Å². The third-order valence-corrected chi connectivity index (χ3v) is 3.27. The van der Waals surface area contributed by atoms with Crippen LogP contribution in [0.25, 0.3) is 0 Å². The smallest absolute Gasteiger partial charge is 0.206 e.